The number of aryl methyl sites for hydroxylation is 1. The summed E-state index contributed by atoms with van der Waals surface area (Å²) >= 11 is 0. The fraction of sp³-hybridized carbons (Fsp3) is 0.222. The number of nitrogens with one attached hydrogen (secondary N) is 2. The number of hydrogen-bond donors (Lipinski definition) is 2. The minimum Gasteiger partial charge on any atom is -0.361 e. The summed E-state index contributed by atoms with van der Waals surface area (Å²) in [6.45, 7) is 4.59. The van der Waals surface area contributed by atoms with Crippen LogP contribution in [-0.4, -0.2) is 24.5 Å². The van der Waals surface area contributed by atoms with Crippen LogP contribution in [0, 0.1) is 0 Å². The molecule has 3 heterocycles. The van der Waals surface area contributed by atoms with Crippen LogP contribution in [0.5, 0.6) is 0 Å². The van der Waals surface area contributed by atoms with Gasteiger partial charge in [0.1, 0.15) is 12.1 Å². The molecule has 1 unspecified atom stereocenters. The largest absolute Gasteiger partial charge is 0.361 e. The van der Waals surface area contributed by atoms with Gasteiger partial charge in [0, 0.05) is 18.1 Å². The molecule has 0 saturated heterocycles. The monoisotopic (exact) mass is 406 g/mol. The molecule has 9 heteroatoms. The highest BCUT2D eigenvalue weighted by atomic mass is 35.5. The average molecular weight is 407 g/mol. The second-order valence-corrected chi connectivity index (χ2v) is 5.90. The summed E-state index contributed by atoms with van der Waals surface area (Å²) in [5.74, 6) is 0.718. The summed E-state index contributed by atoms with van der Waals surface area (Å²) in [6.07, 6.45) is 3.30. The summed E-state index contributed by atoms with van der Waals surface area (Å²) in [6, 6.07) is 9.66. The molecular weight excluding hydrogens is 387 g/mol. The Bertz CT molecular complexity index is 1110. The van der Waals surface area contributed by atoms with E-state index in [0.717, 1.165) is 33.4 Å². The van der Waals surface area contributed by atoms with Crippen molar-refractivity contribution >= 4 is 52.6 Å². The topological polar surface area (TPSA) is 88.5 Å². The second-order valence-electron chi connectivity index (χ2n) is 5.90. The molecular formula is C18H20Cl2N6O. The minimum absolute atomic E-state index is 0. The Morgan fingerprint density at radius 2 is 2.00 bits per heavy atom. The zero-order valence-electron chi connectivity index (χ0n) is 14.8. The molecule has 142 valence electrons. The van der Waals surface area contributed by atoms with Crippen molar-refractivity contribution in [2.75, 3.05) is 5.32 Å². The summed E-state index contributed by atoms with van der Waals surface area (Å²) in [5.41, 5.74) is 3.24. The average Bonchev–Trinajstić information content (AvgIpc) is 2.95. The number of fused-ring (bicyclic) bond motifs is 2. The van der Waals surface area contributed by atoms with E-state index >= 15 is 0 Å². The molecule has 1 aromatic carbocycles. The summed E-state index contributed by atoms with van der Waals surface area (Å²) in [4.78, 5) is 28.1. The van der Waals surface area contributed by atoms with Gasteiger partial charge in [-0.3, -0.25) is 9.55 Å². The van der Waals surface area contributed by atoms with E-state index in [1.54, 1.807) is 10.8 Å². The Morgan fingerprint density at radius 3 is 2.70 bits per heavy atom. The smallest absolute Gasteiger partial charge is 0.326 e. The second kappa shape index (κ2) is 8.37. The lowest BCUT2D eigenvalue weighted by Gasteiger charge is -2.15. The number of anilines is 1. The van der Waals surface area contributed by atoms with Crippen molar-refractivity contribution in [3.05, 3.63) is 59.0 Å². The van der Waals surface area contributed by atoms with E-state index < -0.39 is 0 Å². The number of rotatable bonds is 4. The third-order valence-corrected chi connectivity index (χ3v) is 4.33. The van der Waals surface area contributed by atoms with Gasteiger partial charge in [-0.15, -0.1) is 24.8 Å². The van der Waals surface area contributed by atoms with Gasteiger partial charge in [0.05, 0.1) is 28.3 Å². The third kappa shape index (κ3) is 3.74. The van der Waals surface area contributed by atoms with Crippen LogP contribution in [0.25, 0.3) is 21.9 Å². The van der Waals surface area contributed by atoms with E-state index in [9.17, 15) is 4.79 Å². The van der Waals surface area contributed by atoms with E-state index in [1.165, 1.54) is 6.33 Å². The Kier molecular flexibility index (Phi) is 6.41. The zero-order chi connectivity index (χ0) is 17.4. The fourth-order valence-electron chi connectivity index (χ4n) is 3.05. The Morgan fingerprint density at radius 1 is 1.19 bits per heavy atom. The van der Waals surface area contributed by atoms with E-state index in [-0.39, 0.29) is 36.5 Å². The summed E-state index contributed by atoms with van der Waals surface area (Å²) in [7, 11) is 0. The van der Waals surface area contributed by atoms with Crippen LogP contribution in [0.1, 0.15) is 25.6 Å². The molecule has 0 bridgehead atoms. The maximum atomic E-state index is 12.0. The van der Waals surface area contributed by atoms with Crippen LogP contribution < -0.4 is 11.0 Å². The molecule has 0 aliphatic carbocycles. The zero-order valence-corrected chi connectivity index (χ0v) is 16.5. The molecule has 0 fully saturated rings. The standard InChI is InChI=1S/C18H18N6O.2ClH/c1-3-24-16-9-14-12(8-15(16)23-18(24)25)17(21-10-20-14)22-11(2)13-6-4-5-7-19-13;;/h4-11H,3H2,1-2H3,(H,23,25)(H,20,21,22);2*1H. The van der Waals surface area contributed by atoms with Crippen LogP contribution >= 0.6 is 24.8 Å². The first-order valence-corrected chi connectivity index (χ1v) is 8.22. The maximum Gasteiger partial charge on any atom is 0.326 e. The number of benzene rings is 1. The number of pyridine rings is 1. The highest BCUT2D eigenvalue weighted by molar-refractivity contribution is 5.98. The van der Waals surface area contributed by atoms with Crippen LogP contribution in [0.15, 0.2) is 47.7 Å². The van der Waals surface area contributed by atoms with Gasteiger partial charge in [-0.25, -0.2) is 14.8 Å². The molecule has 0 aliphatic rings. The molecule has 0 saturated carbocycles. The van der Waals surface area contributed by atoms with Crippen LogP contribution in [0.4, 0.5) is 5.82 Å². The predicted molar refractivity (Wildman–Crippen MR) is 112 cm³/mol. The van der Waals surface area contributed by atoms with Crippen molar-refractivity contribution < 1.29 is 0 Å². The molecule has 0 amide bonds. The van der Waals surface area contributed by atoms with Gasteiger partial charge in [-0.2, -0.15) is 0 Å². The first-order chi connectivity index (χ1) is 12.2. The highest BCUT2D eigenvalue weighted by Gasteiger charge is 2.13. The van der Waals surface area contributed by atoms with Crippen molar-refractivity contribution in [2.45, 2.75) is 26.4 Å². The molecule has 2 N–H and O–H groups in total. The highest BCUT2D eigenvalue weighted by Crippen LogP contribution is 2.26. The molecule has 3 aromatic heterocycles. The third-order valence-electron chi connectivity index (χ3n) is 4.33. The minimum atomic E-state index is -0.114. The van der Waals surface area contributed by atoms with Crippen molar-refractivity contribution in [2.24, 2.45) is 0 Å². The van der Waals surface area contributed by atoms with Crippen molar-refractivity contribution in [3.63, 3.8) is 0 Å². The van der Waals surface area contributed by atoms with Crippen molar-refractivity contribution in [3.8, 4) is 0 Å². The van der Waals surface area contributed by atoms with Gasteiger partial charge < -0.3 is 10.3 Å². The molecule has 1 atom stereocenters. The molecule has 0 radical (unpaired) electrons. The van der Waals surface area contributed by atoms with Gasteiger partial charge in [0.25, 0.3) is 0 Å². The molecule has 0 aliphatic heterocycles. The van der Waals surface area contributed by atoms with Crippen LogP contribution in [0.3, 0.4) is 0 Å². The van der Waals surface area contributed by atoms with Crippen molar-refractivity contribution in [1.82, 2.24) is 24.5 Å². The fourth-order valence-corrected chi connectivity index (χ4v) is 3.05. The summed E-state index contributed by atoms with van der Waals surface area (Å²) < 4.78 is 1.69. The maximum absolute atomic E-state index is 12.0. The predicted octanol–water partition coefficient (Wildman–Crippen LogP) is 3.70. The lowest BCUT2D eigenvalue weighted by atomic mass is 10.1. The molecule has 7 nitrogen and oxygen atoms in total. The van der Waals surface area contributed by atoms with Crippen LogP contribution in [-0.2, 0) is 6.54 Å². The molecule has 27 heavy (non-hydrogen) atoms. The lowest BCUT2D eigenvalue weighted by molar-refractivity contribution is 0.753. The quantitative estimate of drug-likeness (QED) is 0.539. The normalized spacial score (nSPS) is 11.6. The van der Waals surface area contributed by atoms with Crippen molar-refractivity contribution in [1.29, 1.82) is 0 Å². The number of hydrogen-bond acceptors (Lipinski definition) is 5. The molecule has 4 aromatic rings. The van der Waals surface area contributed by atoms with Gasteiger partial charge in [0.15, 0.2) is 0 Å². The van der Waals surface area contributed by atoms with E-state index in [0.29, 0.717) is 6.54 Å². The molecule has 4 rings (SSSR count). The Balaban J connectivity index is 0.00000131. The first-order valence-electron chi connectivity index (χ1n) is 8.22. The lowest BCUT2D eigenvalue weighted by Crippen LogP contribution is -2.14. The Hall–Kier alpha value is -2.64. The number of aromatic amines is 1. The number of nitrogens with zero attached hydrogens (tertiary/aromatic N) is 4. The van der Waals surface area contributed by atoms with Gasteiger partial charge in [-0.1, -0.05) is 6.07 Å². The first kappa shape index (κ1) is 20.7. The van der Waals surface area contributed by atoms with Gasteiger partial charge in [-0.05, 0) is 38.1 Å². The SMILES string of the molecule is CCn1c(=O)[nH]c2cc3c(NC(C)c4ccccn4)ncnc3cc21.Cl.Cl. The van der Waals surface area contributed by atoms with Crippen LogP contribution in [0.2, 0.25) is 0 Å². The number of H-pyrrole nitrogens is 1. The number of aromatic nitrogens is 5. The Labute approximate surface area is 168 Å². The van der Waals surface area contributed by atoms with Gasteiger partial charge in [0.2, 0.25) is 0 Å². The summed E-state index contributed by atoms with van der Waals surface area (Å²) in [5, 5.41) is 4.25. The van der Waals surface area contributed by atoms with E-state index in [1.807, 2.05) is 44.2 Å². The van der Waals surface area contributed by atoms with E-state index in [2.05, 4.69) is 25.3 Å². The molecule has 0 spiro atoms. The van der Waals surface area contributed by atoms with E-state index in [4.69, 9.17) is 0 Å². The number of imidazole rings is 1. The number of halogens is 2. The van der Waals surface area contributed by atoms with Gasteiger partial charge >= 0.3 is 5.69 Å².